The van der Waals surface area contributed by atoms with Gasteiger partial charge in [-0.2, -0.15) is 29.5 Å². The number of carbonyl (C=O) groups is 2. The van der Waals surface area contributed by atoms with E-state index in [1.54, 1.807) is 9.30 Å². The van der Waals surface area contributed by atoms with Crippen LogP contribution in [0.1, 0.15) is 36.2 Å². The van der Waals surface area contributed by atoms with E-state index in [4.69, 9.17) is 11.6 Å². The molecule has 1 aromatic carbocycles. The molecule has 0 N–H and O–H groups in total. The summed E-state index contributed by atoms with van der Waals surface area (Å²) in [5.74, 6) is -0.245. The molecule has 1 aliphatic heterocycles. The topological polar surface area (TPSA) is 57.9 Å². The van der Waals surface area contributed by atoms with Crippen molar-refractivity contribution in [3.05, 3.63) is 42.5 Å². The largest absolute Gasteiger partial charge is 2.00 e. The average molecular weight is 655 g/mol. The Bertz CT molecular complexity index is 1060. The number of imidazole rings is 1. The van der Waals surface area contributed by atoms with E-state index >= 15 is 0 Å². The quantitative estimate of drug-likeness (QED) is 0.397. The molecule has 1 saturated heterocycles. The molecule has 3 aromatic rings. The van der Waals surface area contributed by atoms with Crippen molar-refractivity contribution >= 4 is 49.9 Å². The number of amides is 2. The molecule has 0 spiro atoms. The fourth-order valence-electron chi connectivity index (χ4n) is 4.18. The molecule has 150 valence electrons. The van der Waals surface area contributed by atoms with Gasteiger partial charge in [-0.1, -0.05) is 29.1 Å². The Kier molecular flexibility index (Phi) is 7.00. The smallest absolute Gasteiger partial charge is 0.358 e. The third-order valence-corrected chi connectivity index (χ3v) is 6.90. The summed E-state index contributed by atoms with van der Waals surface area (Å²) in [6.45, 7) is 1.22. The van der Waals surface area contributed by atoms with E-state index < -0.39 is 0 Å². The number of hydrogen-bond acceptors (Lipinski definition) is 4. The zero-order valence-electron chi connectivity index (χ0n) is 16.2. The first-order chi connectivity index (χ1) is 13.1. The molecule has 0 bridgehead atoms. The van der Waals surface area contributed by atoms with Gasteiger partial charge >= 0.3 is 31.1 Å². The standard InChI is InChI=1S/C19H18ClN4O2S.CH3.U/c20-17-16(21-19-24(17)13-7-3-4-8-14(13)27-19)18(26)22-9-10-23(15(25)11-22)12-5-1-2-6-12;;/h3,7-8,12H,1-2,5-6,9-11H2;1H3;/q2*-1;+2. The molecular weight excluding hydrogens is 634 g/mol. The van der Waals surface area contributed by atoms with Gasteiger partial charge in [0.05, 0.1) is 0 Å². The minimum absolute atomic E-state index is 0. The van der Waals surface area contributed by atoms with Gasteiger partial charge in [0.1, 0.15) is 11.7 Å². The van der Waals surface area contributed by atoms with Gasteiger partial charge in [-0.25, -0.2) is 4.98 Å². The third kappa shape index (κ3) is 3.85. The number of rotatable bonds is 2. The van der Waals surface area contributed by atoms with Crippen molar-refractivity contribution in [1.82, 2.24) is 19.2 Å². The van der Waals surface area contributed by atoms with Crippen LogP contribution in [0.5, 0.6) is 0 Å². The maximum atomic E-state index is 13.0. The summed E-state index contributed by atoms with van der Waals surface area (Å²) in [6, 6.07) is 8.98. The van der Waals surface area contributed by atoms with E-state index in [0.29, 0.717) is 29.2 Å². The van der Waals surface area contributed by atoms with Crippen LogP contribution in [-0.2, 0) is 4.79 Å². The summed E-state index contributed by atoms with van der Waals surface area (Å²) in [4.78, 5) is 34.2. The number of piperazine rings is 1. The van der Waals surface area contributed by atoms with Crippen LogP contribution < -0.4 is 0 Å². The molecular formula is C20H21ClN4O2SU. The summed E-state index contributed by atoms with van der Waals surface area (Å²) in [7, 11) is 0. The van der Waals surface area contributed by atoms with Gasteiger partial charge in [0.25, 0.3) is 5.91 Å². The van der Waals surface area contributed by atoms with E-state index in [1.807, 2.05) is 23.1 Å². The number of thiazole rings is 1. The zero-order chi connectivity index (χ0) is 18.5. The monoisotopic (exact) mass is 654 g/mol. The molecule has 29 heavy (non-hydrogen) atoms. The van der Waals surface area contributed by atoms with Crippen LogP contribution in [0, 0.1) is 44.6 Å². The maximum Gasteiger partial charge on any atom is 2.00 e. The summed E-state index contributed by atoms with van der Waals surface area (Å²) in [5, 5.41) is 0.304. The molecule has 1 aliphatic carbocycles. The van der Waals surface area contributed by atoms with Gasteiger partial charge in [0.2, 0.25) is 5.91 Å². The first-order valence-corrected chi connectivity index (χ1v) is 10.4. The van der Waals surface area contributed by atoms with E-state index in [2.05, 4.69) is 11.1 Å². The number of halogens is 1. The number of benzene rings is 1. The zero-order valence-corrected chi connectivity index (χ0v) is 21.9. The Labute approximate surface area is 202 Å². The molecule has 2 aromatic heterocycles. The SMILES string of the molecule is O=C(c1nc2sc3c[c-]ccc3n2c1Cl)N1CCN(C2CCCC2)C(=O)C1.[CH3-].[U+2]. The Morgan fingerprint density at radius 3 is 2.76 bits per heavy atom. The van der Waals surface area contributed by atoms with Crippen LogP contribution >= 0.6 is 22.9 Å². The molecule has 2 fully saturated rings. The van der Waals surface area contributed by atoms with E-state index in [-0.39, 0.29) is 62.6 Å². The number of hydrogen-bond donors (Lipinski definition) is 0. The van der Waals surface area contributed by atoms with Crippen LogP contribution in [0.3, 0.4) is 0 Å². The molecule has 2 aliphatic rings. The molecule has 1 saturated carbocycles. The predicted molar refractivity (Wildman–Crippen MR) is 111 cm³/mol. The van der Waals surface area contributed by atoms with Gasteiger partial charge in [-0.3, -0.25) is 14.0 Å². The first-order valence-electron chi connectivity index (χ1n) is 9.19. The van der Waals surface area contributed by atoms with Crippen molar-refractivity contribution in [3.8, 4) is 0 Å². The molecule has 9 heteroatoms. The predicted octanol–water partition coefficient (Wildman–Crippen LogP) is 3.68. The van der Waals surface area contributed by atoms with E-state index in [0.717, 1.165) is 23.1 Å². The minimum atomic E-state index is -0.272. The minimum Gasteiger partial charge on any atom is -0.358 e. The second-order valence-electron chi connectivity index (χ2n) is 7.12. The van der Waals surface area contributed by atoms with E-state index in [9.17, 15) is 9.59 Å². The van der Waals surface area contributed by atoms with Crippen LogP contribution in [0.2, 0.25) is 5.15 Å². The third-order valence-electron chi connectivity index (χ3n) is 5.55. The number of aromatic nitrogens is 2. The van der Waals surface area contributed by atoms with Crippen molar-refractivity contribution in [2.24, 2.45) is 0 Å². The number of carbonyl (C=O) groups excluding carboxylic acids is 2. The Balaban J connectivity index is 0.00000120. The van der Waals surface area contributed by atoms with E-state index in [1.165, 1.54) is 24.2 Å². The summed E-state index contributed by atoms with van der Waals surface area (Å²) < 4.78 is 2.81. The van der Waals surface area contributed by atoms with Crippen molar-refractivity contribution in [2.75, 3.05) is 19.6 Å². The summed E-state index contributed by atoms with van der Waals surface area (Å²) in [5.41, 5.74) is 1.13. The maximum absolute atomic E-state index is 13.0. The fraction of sp³-hybridized carbons (Fsp3) is 0.400. The van der Waals surface area contributed by atoms with Gasteiger partial charge in [-0.05, 0) is 18.4 Å². The molecule has 6 nitrogen and oxygen atoms in total. The Hall–Kier alpha value is -1.07. The number of nitrogens with zero attached hydrogens (tertiary/aromatic N) is 4. The number of fused-ring (bicyclic) bond motifs is 3. The Morgan fingerprint density at radius 2 is 2.03 bits per heavy atom. The summed E-state index contributed by atoms with van der Waals surface area (Å²) in [6.07, 6.45) is 4.52. The summed E-state index contributed by atoms with van der Waals surface area (Å²) >= 11 is 7.98. The van der Waals surface area contributed by atoms with Crippen molar-refractivity contribution in [1.29, 1.82) is 0 Å². The van der Waals surface area contributed by atoms with Gasteiger partial charge in [0.15, 0.2) is 10.7 Å². The van der Waals surface area contributed by atoms with Crippen molar-refractivity contribution < 1.29 is 40.7 Å². The molecule has 0 unspecified atom stereocenters. The average Bonchev–Trinajstić information content (AvgIpc) is 3.38. The Morgan fingerprint density at radius 1 is 1.28 bits per heavy atom. The van der Waals surface area contributed by atoms with Gasteiger partial charge in [-0.15, -0.1) is 6.07 Å². The fourth-order valence-corrected chi connectivity index (χ4v) is 5.53. The normalized spacial score (nSPS) is 17.6. The second-order valence-corrected chi connectivity index (χ2v) is 8.48. The molecule has 0 radical (unpaired) electrons. The molecule has 3 heterocycles. The van der Waals surface area contributed by atoms with Crippen molar-refractivity contribution in [2.45, 2.75) is 31.7 Å². The van der Waals surface area contributed by atoms with Crippen LogP contribution in [-0.4, -0.2) is 56.7 Å². The molecule has 2 amide bonds. The second kappa shape index (κ2) is 8.97. The molecule has 0 atom stereocenters. The van der Waals surface area contributed by atoms with Crippen molar-refractivity contribution in [3.63, 3.8) is 0 Å². The van der Waals surface area contributed by atoms with Crippen LogP contribution in [0.4, 0.5) is 0 Å². The first kappa shape index (κ1) is 22.6. The molecule has 5 rings (SSSR count). The van der Waals surface area contributed by atoms with Crippen LogP contribution in [0.15, 0.2) is 18.2 Å². The van der Waals surface area contributed by atoms with Crippen LogP contribution in [0.25, 0.3) is 15.2 Å². The van der Waals surface area contributed by atoms with Gasteiger partial charge in [0, 0.05) is 19.1 Å². The van der Waals surface area contributed by atoms with Gasteiger partial charge < -0.3 is 17.2 Å².